The summed E-state index contributed by atoms with van der Waals surface area (Å²) in [5, 5.41) is 20.1. The summed E-state index contributed by atoms with van der Waals surface area (Å²) in [6.07, 6.45) is -3.08. The maximum absolute atomic E-state index is 12.7. The topological polar surface area (TPSA) is 59.6 Å². The van der Waals surface area contributed by atoms with Gasteiger partial charge < -0.3 is 5.32 Å². The molecule has 0 aliphatic heterocycles. The van der Waals surface area contributed by atoms with Crippen LogP contribution < -0.4 is 5.32 Å². The summed E-state index contributed by atoms with van der Waals surface area (Å²) in [4.78, 5) is 1.26. The Kier molecular flexibility index (Phi) is 5.51. The number of benzene rings is 2. The van der Waals surface area contributed by atoms with Gasteiger partial charge in [-0.15, -0.1) is 0 Å². The second-order valence-corrected chi connectivity index (χ2v) is 5.72. The molecule has 0 saturated heterocycles. The average molecular weight is 345 g/mol. The van der Waals surface area contributed by atoms with Crippen LogP contribution in [-0.2, 0) is 6.18 Å². The molecule has 0 fully saturated rings. The molecule has 0 radical (unpaired) electrons. The lowest BCUT2D eigenvalue weighted by Gasteiger charge is -2.09. The summed E-state index contributed by atoms with van der Waals surface area (Å²) in [5.41, 5.74) is -0.0831. The number of anilines is 1. The zero-order chi connectivity index (χ0) is 17.6. The molecule has 0 aliphatic rings. The standard InChI is InChI=1S/C17H10F3N3S/c18-17(19,20)13-2-1-3-16(8-13)24-15-6-4-14(5-7-15)23-11-12(9-21)10-22/h1-8,11,23H. The monoisotopic (exact) mass is 345 g/mol. The van der Waals surface area contributed by atoms with Crippen molar-refractivity contribution >= 4 is 17.4 Å². The fourth-order valence-electron chi connectivity index (χ4n) is 1.74. The fourth-order valence-corrected chi connectivity index (χ4v) is 2.61. The van der Waals surface area contributed by atoms with E-state index < -0.39 is 11.7 Å². The van der Waals surface area contributed by atoms with Gasteiger partial charge in [-0.2, -0.15) is 23.7 Å². The molecule has 0 heterocycles. The first-order chi connectivity index (χ1) is 11.4. The molecule has 3 nitrogen and oxygen atoms in total. The van der Waals surface area contributed by atoms with E-state index in [1.165, 1.54) is 24.0 Å². The van der Waals surface area contributed by atoms with Gasteiger partial charge in [-0.1, -0.05) is 17.8 Å². The largest absolute Gasteiger partial charge is 0.416 e. The van der Waals surface area contributed by atoms with E-state index in [0.717, 1.165) is 17.0 Å². The first-order valence-electron chi connectivity index (χ1n) is 6.64. The highest BCUT2D eigenvalue weighted by molar-refractivity contribution is 7.99. The Morgan fingerprint density at radius 1 is 1.00 bits per heavy atom. The molecular weight excluding hydrogens is 335 g/mol. The van der Waals surface area contributed by atoms with E-state index in [1.54, 1.807) is 42.5 Å². The molecule has 0 bridgehead atoms. The predicted octanol–water partition coefficient (Wildman–Crippen LogP) is 5.20. The molecule has 0 aliphatic carbocycles. The molecule has 0 amide bonds. The number of nitriles is 2. The van der Waals surface area contributed by atoms with Crippen molar-refractivity contribution in [1.82, 2.24) is 0 Å². The lowest BCUT2D eigenvalue weighted by atomic mass is 10.2. The fraction of sp³-hybridized carbons (Fsp3) is 0.0588. The maximum atomic E-state index is 12.7. The number of halogens is 3. The predicted molar refractivity (Wildman–Crippen MR) is 84.9 cm³/mol. The van der Waals surface area contributed by atoms with Gasteiger partial charge in [-0.25, -0.2) is 0 Å². The highest BCUT2D eigenvalue weighted by Gasteiger charge is 2.30. The van der Waals surface area contributed by atoms with Gasteiger partial charge in [0.15, 0.2) is 0 Å². The average Bonchev–Trinajstić information content (AvgIpc) is 2.57. The van der Waals surface area contributed by atoms with Crippen LogP contribution in [0.4, 0.5) is 18.9 Å². The first kappa shape index (κ1) is 17.5. The third kappa shape index (κ3) is 4.80. The van der Waals surface area contributed by atoms with E-state index in [-0.39, 0.29) is 5.57 Å². The van der Waals surface area contributed by atoms with Crippen LogP contribution in [0.15, 0.2) is 70.1 Å². The van der Waals surface area contributed by atoms with Crippen molar-refractivity contribution in [2.45, 2.75) is 16.0 Å². The number of alkyl halides is 3. The Morgan fingerprint density at radius 3 is 2.25 bits per heavy atom. The van der Waals surface area contributed by atoms with Gasteiger partial charge in [0.25, 0.3) is 0 Å². The molecule has 2 aromatic carbocycles. The van der Waals surface area contributed by atoms with Gasteiger partial charge in [0, 0.05) is 21.7 Å². The van der Waals surface area contributed by atoms with E-state index >= 15 is 0 Å². The lowest BCUT2D eigenvalue weighted by Crippen LogP contribution is -2.04. The Labute approximate surface area is 141 Å². The number of rotatable bonds is 4. The molecule has 2 aromatic rings. The van der Waals surface area contributed by atoms with Crippen molar-refractivity contribution in [3.8, 4) is 12.1 Å². The molecule has 0 saturated carbocycles. The molecule has 0 unspecified atom stereocenters. The maximum Gasteiger partial charge on any atom is 0.416 e. The minimum absolute atomic E-state index is 0.0579. The van der Waals surface area contributed by atoms with Crippen LogP contribution in [0.5, 0.6) is 0 Å². The van der Waals surface area contributed by atoms with E-state index in [0.29, 0.717) is 10.6 Å². The molecular formula is C17H10F3N3S. The van der Waals surface area contributed by atoms with Crippen molar-refractivity contribution in [2.75, 3.05) is 5.32 Å². The number of allylic oxidation sites excluding steroid dienone is 1. The third-order valence-electron chi connectivity index (χ3n) is 2.88. The Hall–Kier alpha value is -2.90. The van der Waals surface area contributed by atoms with Crippen LogP contribution >= 0.6 is 11.8 Å². The van der Waals surface area contributed by atoms with Gasteiger partial charge in [-0.05, 0) is 42.5 Å². The molecule has 2 rings (SSSR count). The molecule has 0 spiro atoms. The minimum atomic E-state index is -4.37. The van der Waals surface area contributed by atoms with Crippen LogP contribution in [0.3, 0.4) is 0 Å². The van der Waals surface area contributed by atoms with Crippen LogP contribution in [0, 0.1) is 22.7 Å². The number of hydrogen-bond donors (Lipinski definition) is 1. The SMILES string of the molecule is N#CC(C#N)=CNc1ccc(Sc2cccc(C(F)(F)F)c2)cc1. The molecule has 120 valence electrons. The van der Waals surface area contributed by atoms with Crippen LogP contribution in [0.1, 0.15) is 5.56 Å². The molecule has 7 heteroatoms. The van der Waals surface area contributed by atoms with Crippen molar-refractivity contribution in [1.29, 1.82) is 10.5 Å². The molecule has 1 N–H and O–H groups in total. The minimum Gasteiger partial charge on any atom is -0.360 e. The van der Waals surface area contributed by atoms with E-state index in [1.807, 2.05) is 0 Å². The van der Waals surface area contributed by atoms with Crippen LogP contribution in [0.2, 0.25) is 0 Å². The lowest BCUT2D eigenvalue weighted by molar-refractivity contribution is -0.137. The number of nitrogens with zero attached hydrogens (tertiary/aromatic N) is 2. The second kappa shape index (κ2) is 7.58. The smallest absolute Gasteiger partial charge is 0.360 e. The quantitative estimate of drug-likeness (QED) is 0.774. The van der Waals surface area contributed by atoms with Crippen molar-refractivity contribution in [3.05, 3.63) is 65.9 Å². The van der Waals surface area contributed by atoms with Gasteiger partial charge >= 0.3 is 6.18 Å². The van der Waals surface area contributed by atoms with Crippen LogP contribution in [0.25, 0.3) is 0 Å². The van der Waals surface area contributed by atoms with Crippen molar-refractivity contribution in [2.24, 2.45) is 0 Å². The first-order valence-corrected chi connectivity index (χ1v) is 7.46. The highest BCUT2D eigenvalue weighted by atomic mass is 32.2. The van der Waals surface area contributed by atoms with Crippen molar-refractivity contribution in [3.63, 3.8) is 0 Å². The summed E-state index contributed by atoms with van der Waals surface area (Å²) in [6.45, 7) is 0. The number of nitrogens with one attached hydrogen (secondary N) is 1. The highest BCUT2D eigenvalue weighted by Crippen LogP contribution is 2.34. The van der Waals surface area contributed by atoms with Crippen molar-refractivity contribution < 1.29 is 13.2 Å². The van der Waals surface area contributed by atoms with Gasteiger partial charge in [0.2, 0.25) is 0 Å². The van der Waals surface area contributed by atoms with Gasteiger partial charge in [0.1, 0.15) is 17.7 Å². The molecule has 24 heavy (non-hydrogen) atoms. The Balaban J connectivity index is 2.09. The summed E-state index contributed by atoms with van der Waals surface area (Å²) in [5.74, 6) is 0. The van der Waals surface area contributed by atoms with E-state index in [9.17, 15) is 13.2 Å². The number of hydrogen-bond acceptors (Lipinski definition) is 4. The zero-order valence-corrected chi connectivity index (χ0v) is 12.9. The Bertz CT molecular complexity index is 812. The molecule has 0 atom stereocenters. The zero-order valence-electron chi connectivity index (χ0n) is 12.1. The van der Waals surface area contributed by atoms with Crippen LogP contribution in [-0.4, -0.2) is 0 Å². The second-order valence-electron chi connectivity index (χ2n) is 4.58. The summed E-state index contributed by atoms with van der Waals surface area (Å²) in [6, 6.07) is 15.5. The third-order valence-corrected chi connectivity index (χ3v) is 3.87. The molecule has 0 aromatic heterocycles. The summed E-state index contributed by atoms with van der Waals surface area (Å²) < 4.78 is 38.1. The normalized spacial score (nSPS) is 10.4. The summed E-state index contributed by atoms with van der Waals surface area (Å²) in [7, 11) is 0. The van der Waals surface area contributed by atoms with Gasteiger partial charge in [0.05, 0.1) is 5.56 Å². The summed E-state index contributed by atoms with van der Waals surface area (Å²) >= 11 is 1.21. The van der Waals surface area contributed by atoms with Gasteiger partial charge in [-0.3, -0.25) is 0 Å². The van der Waals surface area contributed by atoms with E-state index in [4.69, 9.17) is 10.5 Å². The van der Waals surface area contributed by atoms with E-state index in [2.05, 4.69) is 5.32 Å². The Morgan fingerprint density at radius 2 is 1.67 bits per heavy atom.